The van der Waals surface area contributed by atoms with Gasteiger partial charge < -0.3 is 15.4 Å². The van der Waals surface area contributed by atoms with E-state index >= 15 is 0 Å². The Kier molecular flexibility index (Phi) is 5.38. The van der Waals surface area contributed by atoms with Crippen LogP contribution >= 0.6 is 23.2 Å². The summed E-state index contributed by atoms with van der Waals surface area (Å²) in [5.74, 6) is 0.391. The SMILES string of the molecule is CCCNC(=O)Nc1cc(Cl)cc(Cl)c1OC. The molecule has 1 aromatic carbocycles. The van der Waals surface area contributed by atoms with E-state index in [9.17, 15) is 4.79 Å². The molecule has 17 heavy (non-hydrogen) atoms. The fraction of sp³-hybridized carbons (Fsp3) is 0.364. The van der Waals surface area contributed by atoms with Gasteiger partial charge in [0.25, 0.3) is 0 Å². The normalized spacial score (nSPS) is 9.88. The van der Waals surface area contributed by atoms with Crippen LogP contribution in [0.15, 0.2) is 12.1 Å². The smallest absolute Gasteiger partial charge is 0.319 e. The van der Waals surface area contributed by atoms with E-state index < -0.39 is 0 Å². The van der Waals surface area contributed by atoms with E-state index in [1.165, 1.54) is 7.11 Å². The van der Waals surface area contributed by atoms with Gasteiger partial charge in [-0.2, -0.15) is 0 Å². The molecule has 1 aromatic rings. The molecule has 94 valence electrons. The first kappa shape index (κ1) is 13.9. The maximum absolute atomic E-state index is 11.5. The summed E-state index contributed by atoms with van der Waals surface area (Å²) in [6, 6.07) is 2.82. The topological polar surface area (TPSA) is 50.4 Å². The van der Waals surface area contributed by atoms with Gasteiger partial charge in [-0.3, -0.25) is 0 Å². The second kappa shape index (κ2) is 6.57. The summed E-state index contributed by atoms with van der Waals surface area (Å²) in [6.07, 6.45) is 0.862. The van der Waals surface area contributed by atoms with Crippen LogP contribution in [0.25, 0.3) is 0 Å². The number of rotatable bonds is 4. The van der Waals surface area contributed by atoms with E-state index in [0.29, 0.717) is 28.0 Å². The highest BCUT2D eigenvalue weighted by atomic mass is 35.5. The number of hydrogen-bond acceptors (Lipinski definition) is 2. The molecule has 0 spiro atoms. The summed E-state index contributed by atoms with van der Waals surface area (Å²) >= 11 is 11.8. The van der Waals surface area contributed by atoms with Crippen molar-refractivity contribution in [2.75, 3.05) is 19.0 Å². The van der Waals surface area contributed by atoms with Crippen molar-refractivity contribution in [2.24, 2.45) is 0 Å². The van der Waals surface area contributed by atoms with Crippen LogP contribution in [-0.2, 0) is 0 Å². The lowest BCUT2D eigenvalue weighted by Crippen LogP contribution is -2.29. The zero-order valence-corrected chi connectivity index (χ0v) is 11.2. The van der Waals surface area contributed by atoms with Crippen LogP contribution in [0.2, 0.25) is 10.0 Å². The van der Waals surface area contributed by atoms with Crippen molar-refractivity contribution in [3.05, 3.63) is 22.2 Å². The Morgan fingerprint density at radius 1 is 1.41 bits per heavy atom. The fourth-order valence-corrected chi connectivity index (χ4v) is 1.84. The molecule has 0 bridgehead atoms. The van der Waals surface area contributed by atoms with Crippen LogP contribution in [-0.4, -0.2) is 19.7 Å². The average Bonchev–Trinajstić information content (AvgIpc) is 2.25. The first-order valence-corrected chi connectivity index (χ1v) is 5.92. The maximum Gasteiger partial charge on any atom is 0.319 e. The number of hydrogen-bond donors (Lipinski definition) is 2. The zero-order chi connectivity index (χ0) is 12.8. The van der Waals surface area contributed by atoms with E-state index in [4.69, 9.17) is 27.9 Å². The molecular formula is C11H14Cl2N2O2. The number of nitrogens with one attached hydrogen (secondary N) is 2. The third-order valence-electron chi connectivity index (χ3n) is 2.00. The lowest BCUT2D eigenvalue weighted by molar-refractivity contribution is 0.252. The molecule has 2 N–H and O–H groups in total. The van der Waals surface area contributed by atoms with Crippen LogP contribution in [0.3, 0.4) is 0 Å². The predicted molar refractivity (Wildman–Crippen MR) is 70.3 cm³/mol. The maximum atomic E-state index is 11.5. The van der Waals surface area contributed by atoms with Gasteiger partial charge in [0.1, 0.15) is 0 Å². The monoisotopic (exact) mass is 276 g/mol. The lowest BCUT2D eigenvalue weighted by Gasteiger charge is -2.12. The first-order valence-electron chi connectivity index (χ1n) is 5.16. The Bertz CT molecular complexity index is 411. The summed E-state index contributed by atoms with van der Waals surface area (Å²) in [5, 5.41) is 6.10. The van der Waals surface area contributed by atoms with Crippen molar-refractivity contribution in [2.45, 2.75) is 13.3 Å². The molecule has 6 heteroatoms. The number of carbonyl (C=O) groups excluding carboxylic acids is 1. The minimum absolute atomic E-state index is 0.316. The number of methoxy groups -OCH3 is 1. The van der Waals surface area contributed by atoms with E-state index in [-0.39, 0.29) is 6.03 Å². The van der Waals surface area contributed by atoms with Gasteiger partial charge in [0.05, 0.1) is 17.8 Å². The molecule has 0 fully saturated rings. The molecule has 0 atom stereocenters. The average molecular weight is 277 g/mol. The number of carbonyl (C=O) groups is 1. The summed E-state index contributed by atoms with van der Waals surface area (Å²) < 4.78 is 5.10. The Hall–Kier alpha value is -1.13. The summed E-state index contributed by atoms with van der Waals surface area (Å²) in [4.78, 5) is 11.5. The highest BCUT2D eigenvalue weighted by Crippen LogP contribution is 2.35. The van der Waals surface area contributed by atoms with Gasteiger partial charge in [0.15, 0.2) is 5.75 Å². The minimum Gasteiger partial charge on any atom is -0.493 e. The second-order valence-electron chi connectivity index (χ2n) is 3.35. The Morgan fingerprint density at radius 3 is 2.71 bits per heavy atom. The van der Waals surface area contributed by atoms with Crippen LogP contribution in [0.1, 0.15) is 13.3 Å². The van der Waals surface area contributed by atoms with Gasteiger partial charge >= 0.3 is 6.03 Å². The van der Waals surface area contributed by atoms with Gasteiger partial charge in [-0.1, -0.05) is 30.1 Å². The fourth-order valence-electron chi connectivity index (χ4n) is 1.27. The lowest BCUT2D eigenvalue weighted by atomic mass is 10.3. The number of urea groups is 1. The number of benzene rings is 1. The van der Waals surface area contributed by atoms with Crippen LogP contribution in [0, 0.1) is 0 Å². The molecule has 0 aliphatic rings. The predicted octanol–water partition coefficient (Wildman–Crippen LogP) is 3.53. The molecular weight excluding hydrogens is 263 g/mol. The molecule has 0 saturated carbocycles. The Labute approximate surface area is 110 Å². The third-order valence-corrected chi connectivity index (χ3v) is 2.50. The van der Waals surface area contributed by atoms with Crippen molar-refractivity contribution in [3.63, 3.8) is 0 Å². The molecule has 4 nitrogen and oxygen atoms in total. The van der Waals surface area contributed by atoms with Gasteiger partial charge in [0.2, 0.25) is 0 Å². The summed E-state index contributed by atoms with van der Waals surface area (Å²) in [6.45, 7) is 2.57. The summed E-state index contributed by atoms with van der Waals surface area (Å²) in [5.41, 5.74) is 0.443. The molecule has 0 aliphatic heterocycles. The van der Waals surface area contributed by atoms with E-state index in [2.05, 4.69) is 10.6 Å². The Morgan fingerprint density at radius 2 is 2.12 bits per heavy atom. The summed E-state index contributed by atoms with van der Waals surface area (Å²) in [7, 11) is 1.48. The number of amides is 2. The zero-order valence-electron chi connectivity index (χ0n) is 9.64. The highest BCUT2D eigenvalue weighted by Gasteiger charge is 2.11. The van der Waals surface area contributed by atoms with Gasteiger partial charge in [-0.25, -0.2) is 4.79 Å². The molecule has 0 radical (unpaired) electrons. The first-order chi connectivity index (χ1) is 8.08. The van der Waals surface area contributed by atoms with Crippen molar-refractivity contribution >= 4 is 34.9 Å². The largest absolute Gasteiger partial charge is 0.493 e. The third kappa shape index (κ3) is 3.98. The van der Waals surface area contributed by atoms with E-state index in [1.54, 1.807) is 12.1 Å². The van der Waals surface area contributed by atoms with Gasteiger partial charge in [-0.05, 0) is 18.6 Å². The van der Waals surface area contributed by atoms with Gasteiger partial charge in [0, 0.05) is 11.6 Å². The van der Waals surface area contributed by atoms with E-state index in [0.717, 1.165) is 6.42 Å². The molecule has 0 unspecified atom stereocenters. The van der Waals surface area contributed by atoms with Crippen molar-refractivity contribution in [3.8, 4) is 5.75 Å². The van der Waals surface area contributed by atoms with E-state index in [1.807, 2.05) is 6.92 Å². The molecule has 0 aromatic heterocycles. The minimum atomic E-state index is -0.316. The van der Waals surface area contributed by atoms with Crippen LogP contribution in [0.4, 0.5) is 10.5 Å². The van der Waals surface area contributed by atoms with Gasteiger partial charge in [-0.15, -0.1) is 0 Å². The number of anilines is 1. The molecule has 1 rings (SSSR count). The highest BCUT2D eigenvalue weighted by molar-refractivity contribution is 6.36. The van der Waals surface area contributed by atoms with Crippen LogP contribution in [0.5, 0.6) is 5.75 Å². The quantitative estimate of drug-likeness (QED) is 0.884. The van der Waals surface area contributed by atoms with Crippen LogP contribution < -0.4 is 15.4 Å². The van der Waals surface area contributed by atoms with Crippen molar-refractivity contribution in [1.82, 2.24) is 5.32 Å². The Balaban J connectivity index is 2.85. The molecule has 2 amide bonds. The standard InChI is InChI=1S/C11H14Cl2N2O2/c1-3-4-14-11(16)15-9-6-7(12)5-8(13)10(9)17-2/h5-6H,3-4H2,1-2H3,(H2,14,15,16). The second-order valence-corrected chi connectivity index (χ2v) is 4.19. The molecule has 0 aliphatic carbocycles. The van der Waals surface area contributed by atoms with Crippen molar-refractivity contribution < 1.29 is 9.53 Å². The number of ether oxygens (including phenoxy) is 1. The number of halogens is 2. The molecule has 0 heterocycles. The van der Waals surface area contributed by atoms with Crippen molar-refractivity contribution in [1.29, 1.82) is 0 Å². The molecule has 0 saturated heterocycles.